The molecule has 2 rings (SSSR count). The van der Waals surface area contributed by atoms with Gasteiger partial charge in [-0.15, -0.1) is 0 Å². The van der Waals surface area contributed by atoms with Crippen molar-refractivity contribution in [3.05, 3.63) is 35.0 Å². The normalized spacial score (nSPS) is 10.9. The standard InChI is InChI=1S/C12H17N5O/c1-9(2)8-17-7-5-13-11(12(17)18)14-10-4-6-16(3)15-10/h4-7,9H,8H2,1-3H3,(H,13,14,15). The molecule has 0 radical (unpaired) electrons. The van der Waals surface area contributed by atoms with Crippen LogP contribution in [0, 0.1) is 5.92 Å². The molecule has 0 saturated heterocycles. The first-order chi connectivity index (χ1) is 8.56. The quantitative estimate of drug-likeness (QED) is 0.886. The van der Waals surface area contributed by atoms with Crippen LogP contribution in [-0.2, 0) is 13.6 Å². The monoisotopic (exact) mass is 247 g/mol. The van der Waals surface area contributed by atoms with Gasteiger partial charge < -0.3 is 9.88 Å². The van der Waals surface area contributed by atoms with Crippen LogP contribution in [0.5, 0.6) is 0 Å². The Balaban J connectivity index is 2.26. The summed E-state index contributed by atoms with van der Waals surface area (Å²) in [7, 11) is 1.82. The van der Waals surface area contributed by atoms with Gasteiger partial charge in [-0.25, -0.2) is 4.98 Å². The molecule has 1 N–H and O–H groups in total. The highest BCUT2D eigenvalue weighted by Gasteiger charge is 2.07. The lowest BCUT2D eigenvalue weighted by Gasteiger charge is -2.09. The minimum absolute atomic E-state index is 0.128. The van der Waals surface area contributed by atoms with Crippen molar-refractivity contribution in [2.45, 2.75) is 20.4 Å². The van der Waals surface area contributed by atoms with E-state index in [1.807, 2.05) is 7.05 Å². The molecule has 6 heteroatoms. The molecule has 0 atom stereocenters. The second kappa shape index (κ2) is 5.03. The van der Waals surface area contributed by atoms with Gasteiger partial charge in [-0.2, -0.15) is 5.10 Å². The number of nitrogens with zero attached hydrogens (tertiary/aromatic N) is 4. The fourth-order valence-electron chi connectivity index (χ4n) is 1.67. The molecule has 2 aromatic rings. The first kappa shape index (κ1) is 12.3. The van der Waals surface area contributed by atoms with Gasteiger partial charge in [-0.1, -0.05) is 13.8 Å². The summed E-state index contributed by atoms with van der Waals surface area (Å²) in [5, 5.41) is 7.09. The Morgan fingerprint density at radius 2 is 2.17 bits per heavy atom. The highest BCUT2D eigenvalue weighted by molar-refractivity contribution is 5.49. The number of aromatic nitrogens is 4. The van der Waals surface area contributed by atoms with E-state index in [0.29, 0.717) is 24.1 Å². The van der Waals surface area contributed by atoms with E-state index in [1.165, 1.54) is 0 Å². The van der Waals surface area contributed by atoms with Crippen LogP contribution in [0.25, 0.3) is 0 Å². The van der Waals surface area contributed by atoms with Gasteiger partial charge in [0.25, 0.3) is 5.56 Å². The summed E-state index contributed by atoms with van der Waals surface area (Å²) >= 11 is 0. The Morgan fingerprint density at radius 3 is 2.78 bits per heavy atom. The Morgan fingerprint density at radius 1 is 1.39 bits per heavy atom. The molecule has 0 fully saturated rings. The van der Waals surface area contributed by atoms with E-state index >= 15 is 0 Å². The largest absolute Gasteiger partial charge is 0.319 e. The van der Waals surface area contributed by atoms with Crippen molar-refractivity contribution in [2.75, 3.05) is 5.32 Å². The zero-order valence-corrected chi connectivity index (χ0v) is 10.8. The molecule has 2 aromatic heterocycles. The van der Waals surface area contributed by atoms with Gasteiger partial charge in [-0.3, -0.25) is 9.48 Å². The maximum absolute atomic E-state index is 12.1. The minimum atomic E-state index is -0.128. The average molecular weight is 247 g/mol. The van der Waals surface area contributed by atoms with E-state index in [4.69, 9.17) is 0 Å². The summed E-state index contributed by atoms with van der Waals surface area (Å²) in [6.45, 7) is 4.82. The molecule has 0 aliphatic carbocycles. The van der Waals surface area contributed by atoms with Gasteiger partial charge in [0.1, 0.15) is 0 Å². The second-order valence-corrected chi connectivity index (χ2v) is 4.63. The number of nitrogens with one attached hydrogen (secondary N) is 1. The lowest BCUT2D eigenvalue weighted by molar-refractivity contribution is 0.510. The van der Waals surface area contributed by atoms with Crippen LogP contribution in [0.3, 0.4) is 0 Å². The summed E-state index contributed by atoms with van der Waals surface area (Å²) in [6, 6.07) is 1.79. The van der Waals surface area contributed by atoms with E-state index in [-0.39, 0.29) is 5.56 Å². The lowest BCUT2D eigenvalue weighted by Crippen LogP contribution is -2.25. The SMILES string of the molecule is CC(C)Cn1ccnc(Nc2ccn(C)n2)c1=O. The first-order valence-electron chi connectivity index (χ1n) is 5.88. The molecule has 0 amide bonds. The van der Waals surface area contributed by atoms with Gasteiger partial charge in [-0.05, 0) is 5.92 Å². The molecule has 96 valence electrons. The van der Waals surface area contributed by atoms with Gasteiger partial charge in [0.15, 0.2) is 11.6 Å². The number of hydrogen-bond acceptors (Lipinski definition) is 4. The Kier molecular flexibility index (Phi) is 3.45. The molecule has 0 spiro atoms. The molecule has 0 aliphatic heterocycles. The zero-order valence-electron chi connectivity index (χ0n) is 10.8. The van der Waals surface area contributed by atoms with Gasteiger partial charge in [0.05, 0.1) is 0 Å². The van der Waals surface area contributed by atoms with Crippen LogP contribution >= 0.6 is 0 Å². The van der Waals surface area contributed by atoms with Crippen molar-refractivity contribution in [2.24, 2.45) is 13.0 Å². The molecule has 0 bridgehead atoms. The summed E-state index contributed by atoms with van der Waals surface area (Å²) in [5.74, 6) is 1.33. The third-order valence-electron chi connectivity index (χ3n) is 2.44. The molecule has 18 heavy (non-hydrogen) atoms. The molecule has 2 heterocycles. The number of rotatable bonds is 4. The fraction of sp³-hybridized carbons (Fsp3) is 0.417. The topological polar surface area (TPSA) is 64.7 Å². The summed E-state index contributed by atoms with van der Waals surface area (Å²) in [4.78, 5) is 16.2. The smallest absolute Gasteiger partial charge is 0.293 e. The third-order valence-corrected chi connectivity index (χ3v) is 2.44. The number of anilines is 2. The van der Waals surface area contributed by atoms with Crippen molar-refractivity contribution in [1.29, 1.82) is 0 Å². The third kappa shape index (κ3) is 2.77. The van der Waals surface area contributed by atoms with Crippen LogP contribution in [-0.4, -0.2) is 19.3 Å². The highest BCUT2D eigenvalue weighted by atomic mass is 16.1. The Labute approximate surface area is 105 Å². The summed E-state index contributed by atoms with van der Waals surface area (Å²) in [6.07, 6.45) is 5.12. The first-order valence-corrected chi connectivity index (χ1v) is 5.88. The van der Waals surface area contributed by atoms with Crippen LogP contribution in [0.15, 0.2) is 29.5 Å². The van der Waals surface area contributed by atoms with Crippen LogP contribution in [0.1, 0.15) is 13.8 Å². The van der Waals surface area contributed by atoms with Crippen molar-refractivity contribution in [1.82, 2.24) is 19.3 Å². The predicted octanol–water partition coefficient (Wildman–Crippen LogP) is 1.38. The van der Waals surface area contributed by atoms with Gasteiger partial charge >= 0.3 is 0 Å². The van der Waals surface area contributed by atoms with Crippen molar-refractivity contribution < 1.29 is 0 Å². The molecule has 0 saturated carbocycles. The Hall–Kier alpha value is -2.11. The highest BCUT2D eigenvalue weighted by Crippen LogP contribution is 2.07. The van der Waals surface area contributed by atoms with Crippen LogP contribution < -0.4 is 10.9 Å². The minimum Gasteiger partial charge on any atom is -0.319 e. The van der Waals surface area contributed by atoms with E-state index in [0.717, 1.165) is 0 Å². The average Bonchev–Trinajstić information content (AvgIpc) is 2.69. The van der Waals surface area contributed by atoms with E-state index < -0.39 is 0 Å². The Bertz CT molecular complexity index is 584. The molecule has 6 nitrogen and oxygen atoms in total. The molecular formula is C12H17N5O. The van der Waals surface area contributed by atoms with Crippen molar-refractivity contribution in [3.63, 3.8) is 0 Å². The maximum Gasteiger partial charge on any atom is 0.293 e. The second-order valence-electron chi connectivity index (χ2n) is 4.63. The fourth-order valence-corrected chi connectivity index (χ4v) is 1.67. The van der Waals surface area contributed by atoms with Crippen LogP contribution in [0.4, 0.5) is 11.6 Å². The molecule has 0 aromatic carbocycles. The van der Waals surface area contributed by atoms with Crippen molar-refractivity contribution >= 4 is 11.6 Å². The molecule has 0 unspecified atom stereocenters. The number of hydrogen-bond donors (Lipinski definition) is 1. The van der Waals surface area contributed by atoms with E-state index in [1.54, 1.807) is 33.9 Å². The molecule has 0 aliphatic rings. The lowest BCUT2D eigenvalue weighted by atomic mass is 10.2. The summed E-state index contributed by atoms with van der Waals surface area (Å²) < 4.78 is 3.32. The van der Waals surface area contributed by atoms with Gasteiger partial charge in [0.2, 0.25) is 0 Å². The van der Waals surface area contributed by atoms with Crippen molar-refractivity contribution in [3.8, 4) is 0 Å². The molecular weight excluding hydrogens is 230 g/mol. The summed E-state index contributed by atoms with van der Waals surface area (Å²) in [5.41, 5.74) is -0.128. The maximum atomic E-state index is 12.1. The van der Waals surface area contributed by atoms with E-state index in [2.05, 4.69) is 29.2 Å². The van der Waals surface area contributed by atoms with Crippen LogP contribution in [0.2, 0.25) is 0 Å². The predicted molar refractivity (Wildman–Crippen MR) is 69.8 cm³/mol. The van der Waals surface area contributed by atoms with E-state index in [9.17, 15) is 4.79 Å². The number of aryl methyl sites for hydroxylation is 1. The zero-order chi connectivity index (χ0) is 13.1. The van der Waals surface area contributed by atoms with Gasteiger partial charge in [0, 0.05) is 38.2 Å².